The number of rotatable bonds is 4. The van der Waals surface area contributed by atoms with E-state index < -0.39 is 0 Å². The smallest absolute Gasteiger partial charge is 0.911 e. The van der Waals surface area contributed by atoms with Gasteiger partial charge in [0.2, 0.25) is 0 Å². The summed E-state index contributed by atoms with van der Waals surface area (Å²) in [6.07, 6.45) is 7.49. The molecule has 1 aliphatic carbocycles. The molecule has 0 saturated heterocycles. The molecule has 1 aromatic rings. The van der Waals surface area contributed by atoms with Gasteiger partial charge < -0.3 is 22.8 Å². The Morgan fingerprint density at radius 3 is 2.53 bits per heavy atom. The van der Waals surface area contributed by atoms with Gasteiger partial charge in [0, 0.05) is 13.3 Å². The van der Waals surface area contributed by atoms with Crippen LogP contribution >= 0.6 is 0 Å². The van der Waals surface area contributed by atoms with Crippen LogP contribution in [-0.2, 0) is 4.74 Å². The molecule has 1 atom stereocenters. The van der Waals surface area contributed by atoms with E-state index in [4.69, 9.17) is 16.7 Å². The van der Waals surface area contributed by atoms with Gasteiger partial charge in [-0.1, -0.05) is 18.9 Å². The molecule has 4 heteroatoms. The minimum absolute atomic E-state index is 0. The molecule has 0 aromatic carbocycles. The van der Waals surface area contributed by atoms with Crippen LogP contribution in [0.25, 0.3) is 5.41 Å². The predicted octanol–water partition coefficient (Wildman–Crippen LogP) is 0.393. The molecule has 0 amide bonds. The van der Waals surface area contributed by atoms with Gasteiger partial charge in [-0.3, -0.25) is 17.1 Å². The molecule has 0 N–H and O–H groups in total. The van der Waals surface area contributed by atoms with E-state index >= 15 is 0 Å². The molecule has 19 heavy (non-hydrogen) atoms. The van der Waals surface area contributed by atoms with E-state index in [0.29, 0.717) is 11.5 Å². The van der Waals surface area contributed by atoms with Crippen LogP contribution in [0.2, 0.25) is 0 Å². The second-order valence-electron chi connectivity index (χ2n) is 4.30. The summed E-state index contributed by atoms with van der Waals surface area (Å²) in [6.45, 7) is 6.51. The standard InChI is InChI=1S/C11H14NO.C4H5N.Li/c1-13-11(9-5-4-6-9)10-7-2-3-8-12-10;1-4(2)3-5;/h2-4,7-9,11H,5-6H2,1H3;1,3H,2H3;/q-1;-2;+1. The maximum absolute atomic E-state index is 7.86. The molecular formula is C15H19LiN2O-2. The average molecular weight is 250 g/mol. The van der Waals surface area contributed by atoms with Gasteiger partial charge >= 0.3 is 18.9 Å². The molecule has 98 valence electrons. The zero-order valence-electron chi connectivity index (χ0n) is 11.9. The molecule has 1 saturated carbocycles. The molecule has 1 aromatic heterocycles. The van der Waals surface area contributed by atoms with Crippen molar-refractivity contribution in [3.05, 3.63) is 54.1 Å². The minimum atomic E-state index is 0. The number of aromatic nitrogens is 1. The zero-order valence-corrected chi connectivity index (χ0v) is 11.9. The molecule has 1 aliphatic rings. The topological polar surface area (TPSA) is 44.4 Å². The van der Waals surface area contributed by atoms with Gasteiger partial charge in [0.15, 0.2) is 0 Å². The third-order valence-electron chi connectivity index (χ3n) is 2.80. The molecule has 0 bridgehead atoms. The average Bonchev–Trinajstić information content (AvgIpc) is 2.35. The third kappa shape index (κ3) is 6.20. The number of hydrogen-bond donors (Lipinski definition) is 0. The zero-order chi connectivity index (χ0) is 13.4. The molecule has 0 radical (unpaired) electrons. The van der Waals surface area contributed by atoms with Gasteiger partial charge in [0.25, 0.3) is 0 Å². The van der Waals surface area contributed by atoms with Crippen LogP contribution in [0.15, 0.2) is 30.0 Å². The summed E-state index contributed by atoms with van der Waals surface area (Å²) < 4.78 is 5.46. The predicted molar refractivity (Wildman–Crippen MR) is 73.9 cm³/mol. The fourth-order valence-corrected chi connectivity index (χ4v) is 1.71. The summed E-state index contributed by atoms with van der Waals surface area (Å²) in [5.41, 5.74) is 1.49. The molecule has 1 unspecified atom stereocenters. The normalized spacial score (nSPS) is 15.1. The second kappa shape index (κ2) is 9.97. The van der Waals surface area contributed by atoms with Crippen LogP contribution in [0.5, 0.6) is 0 Å². The molecule has 0 spiro atoms. The second-order valence-corrected chi connectivity index (χ2v) is 4.30. The van der Waals surface area contributed by atoms with Crippen molar-refractivity contribution in [3.8, 4) is 0 Å². The van der Waals surface area contributed by atoms with Crippen molar-refractivity contribution in [3.63, 3.8) is 0 Å². The largest absolute Gasteiger partial charge is 1.00 e. The number of ether oxygens (including phenoxy) is 1. The Morgan fingerprint density at radius 1 is 1.58 bits per heavy atom. The molecule has 0 aliphatic heterocycles. The number of nitrogens with zero attached hydrogens (tertiary/aromatic N) is 2. The maximum Gasteiger partial charge on any atom is 1.00 e. The summed E-state index contributed by atoms with van der Waals surface area (Å²) in [5.74, 6) is 0.639. The Balaban J connectivity index is 0.000000471. The third-order valence-corrected chi connectivity index (χ3v) is 2.80. The summed E-state index contributed by atoms with van der Waals surface area (Å²) >= 11 is 0. The van der Waals surface area contributed by atoms with Crippen LogP contribution in [0, 0.1) is 18.9 Å². The van der Waals surface area contributed by atoms with Crippen molar-refractivity contribution < 1.29 is 23.6 Å². The van der Waals surface area contributed by atoms with Gasteiger partial charge in [-0.15, -0.1) is 0 Å². The van der Waals surface area contributed by atoms with Gasteiger partial charge in [0.05, 0.1) is 11.8 Å². The van der Waals surface area contributed by atoms with Crippen molar-refractivity contribution in [1.29, 1.82) is 0 Å². The Hall–Kier alpha value is -0.883. The fourth-order valence-electron chi connectivity index (χ4n) is 1.71. The molecule has 1 fully saturated rings. The first-order valence-electron chi connectivity index (χ1n) is 6.00. The molecule has 3 nitrogen and oxygen atoms in total. The Kier molecular flexibility index (Phi) is 9.51. The molecular weight excluding hydrogens is 231 g/mol. The first kappa shape index (κ1) is 18.1. The van der Waals surface area contributed by atoms with Crippen LogP contribution < -0.4 is 18.9 Å². The Bertz CT molecular complexity index is 377. The molecule has 2 rings (SSSR count). The van der Waals surface area contributed by atoms with Crippen molar-refractivity contribution in [2.24, 2.45) is 5.92 Å². The fraction of sp³-hybridized carbons (Fsp3) is 0.400. The summed E-state index contributed by atoms with van der Waals surface area (Å²) in [7, 11) is 1.76. The van der Waals surface area contributed by atoms with E-state index in [9.17, 15) is 0 Å². The van der Waals surface area contributed by atoms with Gasteiger partial charge in [-0.25, -0.2) is 0 Å². The van der Waals surface area contributed by atoms with E-state index in [2.05, 4.69) is 11.4 Å². The van der Waals surface area contributed by atoms with Gasteiger partial charge in [0.1, 0.15) is 0 Å². The van der Waals surface area contributed by atoms with Crippen LogP contribution in [0.4, 0.5) is 0 Å². The Morgan fingerprint density at radius 2 is 2.21 bits per heavy atom. The first-order chi connectivity index (χ1) is 8.69. The van der Waals surface area contributed by atoms with Gasteiger partial charge in [-0.05, 0) is 12.1 Å². The number of methoxy groups -OCH3 is 1. The van der Waals surface area contributed by atoms with Crippen LogP contribution in [-0.4, -0.2) is 18.3 Å². The monoisotopic (exact) mass is 250 g/mol. The summed E-state index contributed by atoms with van der Waals surface area (Å²) in [6, 6.07) is 5.98. The van der Waals surface area contributed by atoms with Gasteiger partial charge in [-0.2, -0.15) is 12.8 Å². The maximum atomic E-state index is 7.86. The number of allylic oxidation sites excluding steroid dienone is 1. The SMILES string of the molecule is COC(c1ccccn1)C1C[CH-]C1.[CH-]=C(C)C=[N-].[Li+]. The van der Waals surface area contributed by atoms with E-state index in [0.717, 1.165) is 24.8 Å². The number of pyridine rings is 1. The first-order valence-corrected chi connectivity index (χ1v) is 6.00. The quantitative estimate of drug-likeness (QED) is 0.441. The van der Waals surface area contributed by atoms with Crippen molar-refractivity contribution >= 4 is 6.21 Å². The van der Waals surface area contributed by atoms with E-state index in [1.54, 1.807) is 14.0 Å². The summed E-state index contributed by atoms with van der Waals surface area (Å²) in [5, 5.41) is 7.86. The van der Waals surface area contributed by atoms with Crippen molar-refractivity contribution in [2.75, 3.05) is 7.11 Å². The van der Waals surface area contributed by atoms with Crippen LogP contribution in [0.3, 0.4) is 0 Å². The van der Waals surface area contributed by atoms with E-state index in [1.807, 2.05) is 24.4 Å². The minimum Gasteiger partial charge on any atom is -0.911 e. The summed E-state index contributed by atoms with van der Waals surface area (Å²) in [4.78, 5) is 4.31. The van der Waals surface area contributed by atoms with E-state index in [1.165, 1.54) is 0 Å². The van der Waals surface area contributed by atoms with Crippen molar-refractivity contribution in [1.82, 2.24) is 4.98 Å². The van der Waals surface area contributed by atoms with Crippen molar-refractivity contribution in [2.45, 2.75) is 25.9 Å². The molecule has 1 heterocycles. The van der Waals surface area contributed by atoms with Crippen LogP contribution in [0.1, 0.15) is 31.6 Å². The number of hydrogen-bond acceptors (Lipinski definition) is 2. The van der Waals surface area contributed by atoms with E-state index in [-0.39, 0.29) is 25.0 Å². The Labute approximate surface area is 128 Å².